The molecule has 108 valence electrons. The van der Waals surface area contributed by atoms with Gasteiger partial charge >= 0.3 is 0 Å². The third-order valence-electron chi connectivity index (χ3n) is 2.31. The monoisotopic (exact) mass is 308 g/mol. The first kappa shape index (κ1) is 15.9. The van der Waals surface area contributed by atoms with Crippen molar-refractivity contribution in [2.24, 2.45) is 5.84 Å². The van der Waals surface area contributed by atoms with E-state index < -0.39 is 20.0 Å². The predicted molar refractivity (Wildman–Crippen MR) is 72.3 cm³/mol. The number of sulfonamides is 2. The molecule has 0 saturated carbocycles. The summed E-state index contributed by atoms with van der Waals surface area (Å²) in [6, 6.07) is 5.73. The summed E-state index contributed by atoms with van der Waals surface area (Å²) in [6.07, 6.45) is 0. The molecule has 0 bridgehead atoms. The Morgan fingerprint density at radius 3 is 2.16 bits per heavy atom. The molecule has 1 aromatic rings. The zero-order valence-electron chi connectivity index (χ0n) is 10.3. The van der Waals surface area contributed by atoms with Crippen molar-refractivity contribution in [3.8, 4) is 0 Å². The number of nitrogen functional groups attached to an aromatic ring is 1. The minimum Gasteiger partial charge on any atom is -0.324 e. The van der Waals surface area contributed by atoms with Crippen molar-refractivity contribution in [1.29, 1.82) is 0 Å². The van der Waals surface area contributed by atoms with Gasteiger partial charge in [0, 0.05) is 12.2 Å². The molecular weight excluding hydrogens is 292 g/mol. The van der Waals surface area contributed by atoms with Crippen molar-refractivity contribution in [3.05, 3.63) is 24.3 Å². The van der Waals surface area contributed by atoms with E-state index in [9.17, 15) is 16.8 Å². The lowest BCUT2D eigenvalue weighted by Crippen LogP contribution is -2.32. The lowest BCUT2D eigenvalue weighted by atomic mass is 10.3. The fourth-order valence-corrected chi connectivity index (χ4v) is 2.96. The largest absolute Gasteiger partial charge is 0.324 e. The SMILES string of the molecule is CNS(=O)(=O)CCNS(=O)(=O)c1ccc(NN)cc1. The Kier molecular flexibility index (Phi) is 5.26. The molecule has 0 radical (unpaired) electrons. The van der Waals surface area contributed by atoms with Crippen LogP contribution in [0.2, 0.25) is 0 Å². The third-order valence-corrected chi connectivity index (χ3v) is 5.15. The van der Waals surface area contributed by atoms with Crippen LogP contribution in [-0.2, 0) is 20.0 Å². The van der Waals surface area contributed by atoms with Crippen LogP contribution >= 0.6 is 0 Å². The van der Waals surface area contributed by atoms with Gasteiger partial charge in [0.1, 0.15) is 0 Å². The van der Waals surface area contributed by atoms with Crippen LogP contribution in [0.25, 0.3) is 0 Å². The minimum atomic E-state index is -3.73. The summed E-state index contributed by atoms with van der Waals surface area (Å²) in [6.45, 7) is -0.206. The molecule has 0 saturated heterocycles. The van der Waals surface area contributed by atoms with Gasteiger partial charge in [-0.2, -0.15) is 0 Å². The van der Waals surface area contributed by atoms with Gasteiger partial charge < -0.3 is 5.43 Å². The van der Waals surface area contributed by atoms with Crippen molar-refractivity contribution in [3.63, 3.8) is 0 Å². The lowest BCUT2D eigenvalue weighted by molar-refractivity contribution is 0.578. The molecule has 0 spiro atoms. The van der Waals surface area contributed by atoms with Gasteiger partial charge in [-0.3, -0.25) is 5.84 Å². The average Bonchev–Trinajstić information content (AvgIpc) is 2.38. The topological polar surface area (TPSA) is 130 Å². The number of benzene rings is 1. The van der Waals surface area contributed by atoms with E-state index in [0.717, 1.165) is 0 Å². The van der Waals surface area contributed by atoms with Gasteiger partial charge in [0.15, 0.2) is 0 Å². The maximum Gasteiger partial charge on any atom is 0.240 e. The average molecular weight is 308 g/mol. The fraction of sp³-hybridized carbons (Fsp3) is 0.333. The summed E-state index contributed by atoms with van der Waals surface area (Å²) in [4.78, 5) is 0.0355. The summed E-state index contributed by atoms with van der Waals surface area (Å²) >= 11 is 0. The zero-order chi connectivity index (χ0) is 14.5. The van der Waals surface area contributed by atoms with Gasteiger partial charge in [-0.25, -0.2) is 26.3 Å². The zero-order valence-corrected chi connectivity index (χ0v) is 11.9. The van der Waals surface area contributed by atoms with Crippen LogP contribution in [0.4, 0.5) is 5.69 Å². The van der Waals surface area contributed by atoms with E-state index in [1.54, 1.807) is 0 Å². The second-order valence-corrected chi connectivity index (χ2v) is 7.40. The molecular formula is C9H16N4O4S2. The van der Waals surface area contributed by atoms with E-state index in [1.807, 2.05) is 0 Å². The summed E-state index contributed by atoms with van der Waals surface area (Å²) < 4.78 is 50.2. The fourth-order valence-electron chi connectivity index (χ4n) is 1.23. The van der Waals surface area contributed by atoms with Gasteiger partial charge in [0.05, 0.1) is 10.6 Å². The molecule has 1 rings (SSSR count). The molecule has 0 aliphatic heterocycles. The Bertz CT molecular complexity index is 610. The molecule has 8 nitrogen and oxygen atoms in total. The highest BCUT2D eigenvalue weighted by Gasteiger charge is 2.15. The quantitative estimate of drug-likeness (QED) is 0.370. The van der Waals surface area contributed by atoms with E-state index in [1.165, 1.54) is 31.3 Å². The molecule has 0 heterocycles. The molecule has 0 atom stereocenters. The van der Waals surface area contributed by atoms with Crippen LogP contribution < -0.4 is 20.7 Å². The third kappa shape index (κ3) is 4.76. The van der Waals surface area contributed by atoms with Crippen LogP contribution in [-0.4, -0.2) is 36.2 Å². The van der Waals surface area contributed by atoms with Crippen molar-refractivity contribution in [2.75, 3.05) is 24.8 Å². The Labute approximate surface area is 112 Å². The van der Waals surface area contributed by atoms with Gasteiger partial charge in [0.25, 0.3) is 0 Å². The van der Waals surface area contributed by atoms with E-state index in [2.05, 4.69) is 14.9 Å². The smallest absolute Gasteiger partial charge is 0.240 e. The number of hydrazine groups is 1. The highest BCUT2D eigenvalue weighted by Crippen LogP contribution is 2.12. The first-order valence-electron chi connectivity index (χ1n) is 5.28. The Hall–Kier alpha value is -1.20. The summed E-state index contributed by atoms with van der Waals surface area (Å²) in [5.41, 5.74) is 2.94. The Morgan fingerprint density at radius 2 is 1.68 bits per heavy atom. The molecule has 0 aliphatic carbocycles. The highest BCUT2D eigenvalue weighted by molar-refractivity contribution is 7.90. The lowest BCUT2D eigenvalue weighted by Gasteiger charge is -2.07. The van der Waals surface area contributed by atoms with Crippen molar-refractivity contribution < 1.29 is 16.8 Å². The van der Waals surface area contributed by atoms with Crippen LogP contribution in [0.3, 0.4) is 0 Å². The molecule has 0 fully saturated rings. The maximum absolute atomic E-state index is 11.8. The first-order valence-corrected chi connectivity index (χ1v) is 8.42. The second-order valence-electron chi connectivity index (χ2n) is 3.59. The predicted octanol–water partition coefficient (Wildman–Crippen LogP) is -1.20. The van der Waals surface area contributed by atoms with E-state index in [0.29, 0.717) is 5.69 Å². The van der Waals surface area contributed by atoms with Gasteiger partial charge in [-0.1, -0.05) is 0 Å². The Morgan fingerprint density at radius 1 is 1.11 bits per heavy atom. The molecule has 10 heteroatoms. The Balaban J connectivity index is 2.70. The second kappa shape index (κ2) is 6.30. The number of rotatable bonds is 7. The molecule has 0 unspecified atom stereocenters. The van der Waals surface area contributed by atoms with E-state index in [4.69, 9.17) is 5.84 Å². The van der Waals surface area contributed by atoms with Crippen LogP contribution in [0.1, 0.15) is 0 Å². The maximum atomic E-state index is 11.8. The molecule has 0 aromatic heterocycles. The number of hydrogen-bond acceptors (Lipinski definition) is 6. The van der Waals surface area contributed by atoms with Crippen LogP contribution in [0.5, 0.6) is 0 Å². The number of anilines is 1. The summed E-state index contributed by atoms with van der Waals surface area (Å²) in [7, 11) is -5.90. The molecule has 1 aromatic carbocycles. The van der Waals surface area contributed by atoms with E-state index in [-0.39, 0.29) is 17.2 Å². The summed E-state index contributed by atoms with van der Waals surface area (Å²) in [5, 5.41) is 0. The molecule has 19 heavy (non-hydrogen) atoms. The molecule has 0 aliphatic rings. The van der Waals surface area contributed by atoms with Crippen LogP contribution in [0.15, 0.2) is 29.2 Å². The van der Waals surface area contributed by atoms with Gasteiger partial charge in [-0.15, -0.1) is 0 Å². The minimum absolute atomic E-state index is 0.0355. The number of hydrogen-bond donors (Lipinski definition) is 4. The van der Waals surface area contributed by atoms with Gasteiger partial charge in [-0.05, 0) is 31.3 Å². The van der Waals surface area contributed by atoms with Crippen LogP contribution in [0, 0.1) is 0 Å². The van der Waals surface area contributed by atoms with Crippen molar-refractivity contribution in [1.82, 2.24) is 9.44 Å². The standard InChI is InChI=1S/C9H16N4O4S2/c1-11-18(14,15)7-6-12-19(16,17)9-4-2-8(13-10)3-5-9/h2-5,11-13H,6-7,10H2,1H3. The number of nitrogens with two attached hydrogens (primary N) is 1. The van der Waals surface area contributed by atoms with Crippen molar-refractivity contribution >= 4 is 25.7 Å². The molecule has 5 N–H and O–H groups in total. The first-order chi connectivity index (χ1) is 8.80. The number of nitrogens with one attached hydrogen (secondary N) is 3. The highest BCUT2D eigenvalue weighted by atomic mass is 32.2. The van der Waals surface area contributed by atoms with Gasteiger partial charge in [0.2, 0.25) is 20.0 Å². The van der Waals surface area contributed by atoms with E-state index >= 15 is 0 Å². The summed E-state index contributed by atoms with van der Waals surface area (Å²) in [5.74, 6) is 4.84. The van der Waals surface area contributed by atoms with Crippen molar-refractivity contribution in [2.45, 2.75) is 4.90 Å². The normalized spacial score (nSPS) is 12.3. The molecule has 0 amide bonds.